The van der Waals surface area contributed by atoms with Crippen LogP contribution in [-0.4, -0.2) is 45.1 Å². The Morgan fingerprint density at radius 1 is 1.10 bits per heavy atom. The highest BCUT2D eigenvalue weighted by Crippen LogP contribution is 2.29. The minimum absolute atomic E-state index is 0.321. The third-order valence-electron chi connectivity index (χ3n) is 3.64. The topological polar surface area (TPSA) is 122 Å². The van der Waals surface area contributed by atoms with E-state index in [1.54, 1.807) is 13.0 Å². The van der Waals surface area contributed by atoms with Gasteiger partial charge >= 0.3 is 18.3 Å². The summed E-state index contributed by atoms with van der Waals surface area (Å²) >= 11 is 0. The number of aromatic amines is 1. The second-order valence-electron chi connectivity index (χ2n) is 5.85. The number of aromatic nitrogens is 2. The number of halogens is 4. The molecule has 31 heavy (non-hydrogen) atoms. The van der Waals surface area contributed by atoms with Crippen LogP contribution in [0.4, 0.5) is 17.6 Å². The molecular weight excluding hydrogens is 428 g/mol. The van der Waals surface area contributed by atoms with E-state index in [9.17, 15) is 17.6 Å². The lowest BCUT2D eigenvalue weighted by Crippen LogP contribution is -2.17. The zero-order valence-corrected chi connectivity index (χ0v) is 15.8. The van der Waals surface area contributed by atoms with E-state index in [1.807, 2.05) is 0 Å². The Morgan fingerprint density at radius 2 is 1.71 bits per heavy atom. The number of alkyl halides is 3. The number of imidazole rings is 1. The SMILES string of the molecule is CCOC(c1ccc(OC(F)(F)F)cc1)c1nc2cc(F)ccc2[nH]1.O=C(O)C(=O)O. The number of nitrogens with zero attached hydrogens (tertiary/aromatic N) is 1. The maximum atomic E-state index is 13.3. The van der Waals surface area contributed by atoms with Crippen molar-refractivity contribution < 1.29 is 46.8 Å². The van der Waals surface area contributed by atoms with Crippen molar-refractivity contribution in [3.8, 4) is 5.75 Å². The lowest BCUT2D eigenvalue weighted by Gasteiger charge is -2.16. The van der Waals surface area contributed by atoms with E-state index in [2.05, 4.69) is 14.7 Å². The van der Waals surface area contributed by atoms with Crippen molar-refractivity contribution in [1.29, 1.82) is 0 Å². The number of nitrogens with one attached hydrogen (secondary N) is 1. The number of H-pyrrole nitrogens is 1. The summed E-state index contributed by atoms with van der Waals surface area (Å²) in [6.45, 7) is 2.15. The maximum Gasteiger partial charge on any atom is 0.573 e. The number of carboxylic acid groups (broad SMARTS) is 2. The molecule has 0 saturated carbocycles. The Hall–Kier alpha value is -3.67. The smallest absolute Gasteiger partial charge is 0.473 e. The van der Waals surface area contributed by atoms with E-state index in [-0.39, 0.29) is 5.75 Å². The summed E-state index contributed by atoms with van der Waals surface area (Å²) in [5.74, 6) is -3.94. The van der Waals surface area contributed by atoms with Crippen LogP contribution in [0.3, 0.4) is 0 Å². The highest BCUT2D eigenvalue weighted by atomic mass is 19.4. The number of fused-ring (bicyclic) bond motifs is 1. The van der Waals surface area contributed by atoms with E-state index in [0.717, 1.165) is 0 Å². The van der Waals surface area contributed by atoms with Crippen LogP contribution in [0.5, 0.6) is 5.75 Å². The van der Waals surface area contributed by atoms with Gasteiger partial charge in [-0.05, 0) is 36.8 Å². The molecule has 0 fully saturated rings. The minimum atomic E-state index is -4.75. The first-order valence-electron chi connectivity index (χ1n) is 8.59. The molecule has 0 bridgehead atoms. The van der Waals surface area contributed by atoms with Crippen LogP contribution in [0, 0.1) is 5.82 Å². The second-order valence-corrected chi connectivity index (χ2v) is 5.85. The largest absolute Gasteiger partial charge is 0.573 e. The fourth-order valence-corrected chi connectivity index (χ4v) is 2.47. The molecule has 0 aliphatic carbocycles. The van der Waals surface area contributed by atoms with Gasteiger partial charge < -0.3 is 24.7 Å². The Morgan fingerprint density at radius 3 is 2.23 bits per heavy atom. The average Bonchev–Trinajstić information content (AvgIpc) is 3.09. The van der Waals surface area contributed by atoms with Crippen molar-refractivity contribution in [2.45, 2.75) is 19.4 Å². The number of carbonyl (C=O) groups is 2. The van der Waals surface area contributed by atoms with Crippen LogP contribution in [0.25, 0.3) is 11.0 Å². The fraction of sp³-hybridized carbons (Fsp3) is 0.211. The molecule has 1 unspecified atom stereocenters. The normalized spacial score (nSPS) is 12.0. The summed E-state index contributed by atoms with van der Waals surface area (Å²) in [6.07, 6.45) is -5.37. The van der Waals surface area contributed by atoms with Crippen LogP contribution in [0.15, 0.2) is 42.5 Å². The Balaban J connectivity index is 0.000000501. The van der Waals surface area contributed by atoms with E-state index in [0.29, 0.717) is 29.0 Å². The summed E-state index contributed by atoms with van der Waals surface area (Å²) in [4.78, 5) is 25.6. The zero-order valence-electron chi connectivity index (χ0n) is 15.8. The van der Waals surface area contributed by atoms with Crippen LogP contribution in [0.1, 0.15) is 24.4 Å². The van der Waals surface area contributed by atoms with Gasteiger partial charge in [-0.3, -0.25) is 0 Å². The fourth-order valence-electron chi connectivity index (χ4n) is 2.47. The minimum Gasteiger partial charge on any atom is -0.473 e. The summed E-state index contributed by atoms with van der Waals surface area (Å²) in [5, 5.41) is 14.8. The van der Waals surface area contributed by atoms with Gasteiger partial charge in [0.2, 0.25) is 0 Å². The third kappa shape index (κ3) is 6.96. The molecule has 166 valence electrons. The molecule has 0 radical (unpaired) electrons. The number of benzene rings is 2. The highest BCUT2D eigenvalue weighted by molar-refractivity contribution is 6.27. The summed E-state index contributed by atoms with van der Waals surface area (Å²) in [5.41, 5.74) is 1.67. The van der Waals surface area contributed by atoms with E-state index in [4.69, 9.17) is 24.5 Å². The number of aliphatic carboxylic acids is 2. The highest BCUT2D eigenvalue weighted by Gasteiger charge is 2.31. The van der Waals surface area contributed by atoms with Gasteiger partial charge in [-0.1, -0.05) is 12.1 Å². The van der Waals surface area contributed by atoms with Gasteiger partial charge in [0.05, 0.1) is 11.0 Å². The molecule has 8 nitrogen and oxygen atoms in total. The monoisotopic (exact) mass is 444 g/mol. The van der Waals surface area contributed by atoms with E-state index in [1.165, 1.54) is 36.4 Å². The van der Waals surface area contributed by atoms with Crippen LogP contribution in [-0.2, 0) is 14.3 Å². The number of rotatable bonds is 5. The third-order valence-corrected chi connectivity index (χ3v) is 3.64. The van der Waals surface area contributed by atoms with Gasteiger partial charge in [-0.25, -0.2) is 19.0 Å². The van der Waals surface area contributed by atoms with Crippen molar-refractivity contribution in [3.63, 3.8) is 0 Å². The molecule has 3 aromatic rings. The van der Waals surface area contributed by atoms with Crippen molar-refractivity contribution in [2.24, 2.45) is 0 Å². The standard InChI is InChI=1S/C17H14F4N2O2.C2H2O4/c1-2-24-15(10-3-6-12(7-4-10)25-17(19,20)21)16-22-13-8-5-11(18)9-14(13)23-16;3-1(4)2(5)6/h3-9,15H,2H2,1H3,(H,22,23);(H,3,4)(H,5,6). The molecule has 0 aliphatic rings. The molecule has 1 aromatic heterocycles. The van der Waals surface area contributed by atoms with Gasteiger partial charge in [0.1, 0.15) is 23.5 Å². The van der Waals surface area contributed by atoms with E-state index >= 15 is 0 Å². The van der Waals surface area contributed by atoms with Crippen LogP contribution < -0.4 is 4.74 Å². The van der Waals surface area contributed by atoms with Crippen LogP contribution in [0.2, 0.25) is 0 Å². The molecule has 0 spiro atoms. The Kier molecular flexibility index (Phi) is 7.53. The first kappa shape index (κ1) is 23.6. The summed E-state index contributed by atoms with van der Waals surface area (Å²) in [7, 11) is 0. The first-order chi connectivity index (χ1) is 14.5. The zero-order chi connectivity index (χ0) is 23.2. The number of hydrogen-bond donors (Lipinski definition) is 3. The van der Waals surface area contributed by atoms with Gasteiger partial charge in [-0.15, -0.1) is 13.2 Å². The van der Waals surface area contributed by atoms with Gasteiger partial charge in [0.15, 0.2) is 0 Å². The van der Waals surface area contributed by atoms with Crippen molar-refractivity contribution in [1.82, 2.24) is 9.97 Å². The molecular formula is C19H16F4N2O6. The molecule has 0 amide bonds. The van der Waals surface area contributed by atoms with Crippen LogP contribution >= 0.6 is 0 Å². The average molecular weight is 444 g/mol. The lowest BCUT2D eigenvalue weighted by atomic mass is 10.1. The molecule has 2 aromatic carbocycles. The predicted octanol–water partition coefficient (Wildman–Crippen LogP) is 3.88. The molecule has 3 N–H and O–H groups in total. The number of ether oxygens (including phenoxy) is 2. The van der Waals surface area contributed by atoms with Gasteiger partial charge in [0, 0.05) is 12.7 Å². The van der Waals surface area contributed by atoms with Crippen molar-refractivity contribution in [2.75, 3.05) is 6.61 Å². The molecule has 0 aliphatic heterocycles. The number of carboxylic acids is 2. The summed E-state index contributed by atoms with van der Waals surface area (Å²) < 4.78 is 59.6. The predicted molar refractivity (Wildman–Crippen MR) is 97.9 cm³/mol. The lowest BCUT2D eigenvalue weighted by molar-refractivity contribution is -0.274. The molecule has 12 heteroatoms. The molecule has 1 heterocycles. The van der Waals surface area contributed by atoms with E-state index < -0.39 is 30.2 Å². The Bertz CT molecular complexity index is 1040. The number of hydrogen-bond acceptors (Lipinski definition) is 5. The first-order valence-corrected chi connectivity index (χ1v) is 8.59. The quantitative estimate of drug-likeness (QED) is 0.403. The maximum absolute atomic E-state index is 13.3. The summed E-state index contributed by atoms with van der Waals surface area (Å²) in [6, 6.07) is 9.50. The Labute approximate surface area is 172 Å². The van der Waals surface area contributed by atoms with Crippen molar-refractivity contribution in [3.05, 3.63) is 59.7 Å². The van der Waals surface area contributed by atoms with Gasteiger partial charge in [0.25, 0.3) is 0 Å². The molecule has 1 atom stereocenters. The molecule has 0 saturated heterocycles. The van der Waals surface area contributed by atoms with Crippen molar-refractivity contribution >= 4 is 23.0 Å². The molecule has 3 rings (SSSR count). The van der Waals surface area contributed by atoms with Gasteiger partial charge in [-0.2, -0.15) is 0 Å². The second kappa shape index (κ2) is 9.89.